The summed E-state index contributed by atoms with van der Waals surface area (Å²) in [6, 6.07) is 5.37. The Morgan fingerprint density at radius 2 is 1.89 bits per heavy atom. The fourth-order valence-electron chi connectivity index (χ4n) is 1.43. The van der Waals surface area contributed by atoms with E-state index in [4.69, 9.17) is 5.11 Å². The number of hydrogen-bond acceptors (Lipinski definition) is 4. The Labute approximate surface area is 113 Å². The van der Waals surface area contributed by atoms with E-state index in [1.54, 1.807) is 6.92 Å². The largest absolute Gasteiger partial charge is 0.395 e. The predicted molar refractivity (Wildman–Crippen MR) is 72.2 cm³/mol. The monoisotopic (exact) mass is 286 g/mol. The first-order chi connectivity index (χ1) is 8.78. The number of anilines is 1. The summed E-state index contributed by atoms with van der Waals surface area (Å²) in [4.78, 5) is 11.0. The lowest BCUT2D eigenvalue weighted by Gasteiger charge is -2.22. The van der Waals surface area contributed by atoms with Gasteiger partial charge in [-0.1, -0.05) is 0 Å². The molecular weight excluding hydrogens is 268 g/mol. The summed E-state index contributed by atoms with van der Waals surface area (Å²) in [5, 5.41) is 11.6. The maximum Gasteiger partial charge on any atom is 0.243 e. The molecule has 0 aliphatic heterocycles. The molecule has 106 valence electrons. The first-order valence-electron chi connectivity index (χ1n) is 5.75. The van der Waals surface area contributed by atoms with Gasteiger partial charge >= 0.3 is 0 Å². The molecule has 1 amide bonds. The van der Waals surface area contributed by atoms with Crippen molar-refractivity contribution in [1.29, 1.82) is 0 Å². The highest BCUT2D eigenvalue weighted by Gasteiger charge is 2.24. The maximum absolute atomic E-state index is 12.2. The van der Waals surface area contributed by atoms with Gasteiger partial charge in [0.1, 0.15) is 0 Å². The first-order valence-corrected chi connectivity index (χ1v) is 7.19. The van der Waals surface area contributed by atoms with Crippen molar-refractivity contribution in [3.63, 3.8) is 0 Å². The van der Waals surface area contributed by atoms with Crippen LogP contribution in [0.3, 0.4) is 0 Å². The number of carbonyl (C=O) groups excluding carboxylic acids is 1. The Kier molecular flexibility index (Phi) is 5.04. The molecule has 0 aliphatic rings. The normalized spacial score (nSPS) is 13.3. The van der Waals surface area contributed by atoms with Crippen molar-refractivity contribution >= 4 is 21.6 Å². The van der Waals surface area contributed by atoms with Gasteiger partial charge in [0.05, 0.1) is 11.5 Å². The van der Waals surface area contributed by atoms with Crippen LogP contribution in [0.25, 0.3) is 0 Å². The number of nitrogens with one attached hydrogen (secondary N) is 1. The molecule has 0 radical (unpaired) electrons. The van der Waals surface area contributed by atoms with Gasteiger partial charge in [0.15, 0.2) is 0 Å². The molecule has 0 fully saturated rings. The number of amides is 1. The van der Waals surface area contributed by atoms with Crippen LogP contribution >= 0.6 is 0 Å². The lowest BCUT2D eigenvalue weighted by molar-refractivity contribution is -0.114. The van der Waals surface area contributed by atoms with Gasteiger partial charge in [0.25, 0.3) is 0 Å². The number of carbonyl (C=O) groups is 1. The second kappa shape index (κ2) is 6.14. The quantitative estimate of drug-likeness (QED) is 0.832. The van der Waals surface area contributed by atoms with E-state index < -0.39 is 16.1 Å². The molecule has 0 heterocycles. The Hall–Kier alpha value is -1.44. The average Bonchev–Trinajstić information content (AvgIpc) is 2.36. The number of hydrogen-bond donors (Lipinski definition) is 2. The molecule has 0 saturated heterocycles. The predicted octanol–water partition coefficient (Wildman–Crippen LogP) is 0.646. The Bertz CT molecular complexity index is 539. The number of aliphatic hydroxyl groups is 1. The Morgan fingerprint density at radius 1 is 1.37 bits per heavy atom. The first kappa shape index (κ1) is 15.6. The molecule has 1 rings (SSSR count). The van der Waals surface area contributed by atoms with E-state index in [2.05, 4.69) is 5.32 Å². The molecule has 1 aromatic carbocycles. The van der Waals surface area contributed by atoms with Crippen LogP contribution < -0.4 is 5.32 Å². The third-order valence-electron chi connectivity index (χ3n) is 2.74. The van der Waals surface area contributed by atoms with E-state index in [0.29, 0.717) is 5.69 Å². The molecule has 1 aromatic rings. The second-order valence-corrected chi connectivity index (χ2v) is 6.26. The number of rotatable bonds is 5. The van der Waals surface area contributed by atoms with Gasteiger partial charge in [0, 0.05) is 25.7 Å². The van der Waals surface area contributed by atoms with Crippen molar-refractivity contribution in [1.82, 2.24) is 4.31 Å². The van der Waals surface area contributed by atoms with Crippen LogP contribution in [-0.4, -0.2) is 43.4 Å². The van der Waals surface area contributed by atoms with E-state index in [0.717, 1.165) is 4.31 Å². The zero-order valence-electron chi connectivity index (χ0n) is 11.1. The highest BCUT2D eigenvalue weighted by atomic mass is 32.2. The van der Waals surface area contributed by atoms with Crippen molar-refractivity contribution in [2.24, 2.45) is 0 Å². The van der Waals surface area contributed by atoms with E-state index in [1.165, 1.54) is 38.2 Å². The van der Waals surface area contributed by atoms with Gasteiger partial charge in [-0.3, -0.25) is 4.79 Å². The van der Waals surface area contributed by atoms with Crippen LogP contribution in [0.2, 0.25) is 0 Å². The topological polar surface area (TPSA) is 86.7 Å². The Balaban J connectivity index is 3.00. The highest BCUT2D eigenvalue weighted by molar-refractivity contribution is 7.89. The molecule has 0 bridgehead atoms. The third-order valence-corrected chi connectivity index (χ3v) is 4.72. The molecule has 0 aliphatic carbocycles. The van der Waals surface area contributed by atoms with Crippen LogP contribution in [0.4, 0.5) is 5.69 Å². The number of aliphatic hydroxyl groups excluding tert-OH is 1. The van der Waals surface area contributed by atoms with Gasteiger partial charge < -0.3 is 10.4 Å². The summed E-state index contributed by atoms with van der Waals surface area (Å²) in [6.07, 6.45) is 0. The van der Waals surface area contributed by atoms with Crippen molar-refractivity contribution in [3.05, 3.63) is 24.3 Å². The van der Waals surface area contributed by atoms with Gasteiger partial charge in [0.2, 0.25) is 15.9 Å². The third kappa shape index (κ3) is 3.76. The highest BCUT2D eigenvalue weighted by Crippen LogP contribution is 2.18. The van der Waals surface area contributed by atoms with E-state index in [-0.39, 0.29) is 17.4 Å². The van der Waals surface area contributed by atoms with Gasteiger partial charge in [-0.2, -0.15) is 4.31 Å². The summed E-state index contributed by atoms with van der Waals surface area (Å²) in [6.45, 7) is 2.74. The second-order valence-electron chi connectivity index (χ2n) is 4.26. The molecule has 2 N–H and O–H groups in total. The van der Waals surface area contributed by atoms with Crippen LogP contribution in [0.5, 0.6) is 0 Å². The van der Waals surface area contributed by atoms with E-state index >= 15 is 0 Å². The molecule has 19 heavy (non-hydrogen) atoms. The van der Waals surface area contributed by atoms with Crippen molar-refractivity contribution in [3.8, 4) is 0 Å². The molecular formula is C12H18N2O4S. The van der Waals surface area contributed by atoms with Crippen LogP contribution in [0, 0.1) is 0 Å². The van der Waals surface area contributed by atoms with E-state index in [9.17, 15) is 13.2 Å². The summed E-state index contributed by atoms with van der Waals surface area (Å²) in [5.41, 5.74) is 0.532. The minimum Gasteiger partial charge on any atom is -0.395 e. The lowest BCUT2D eigenvalue weighted by atomic mass is 10.3. The minimum absolute atomic E-state index is 0.115. The number of sulfonamides is 1. The molecule has 0 spiro atoms. The summed E-state index contributed by atoms with van der Waals surface area (Å²) < 4.78 is 25.5. The molecule has 7 heteroatoms. The van der Waals surface area contributed by atoms with Gasteiger partial charge in [-0.15, -0.1) is 0 Å². The van der Waals surface area contributed by atoms with Crippen LogP contribution in [0.15, 0.2) is 29.2 Å². The standard InChI is InChI=1S/C12H18N2O4S/c1-9(8-15)14(3)19(17,18)12-6-4-11(5-7-12)13-10(2)16/h4-7,9,15H,8H2,1-3H3,(H,13,16). The number of benzene rings is 1. The van der Waals surface area contributed by atoms with Crippen molar-refractivity contribution in [2.75, 3.05) is 19.0 Å². The van der Waals surface area contributed by atoms with Gasteiger partial charge in [-0.05, 0) is 31.2 Å². The maximum atomic E-state index is 12.2. The Morgan fingerprint density at radius 3 is 2.32 bits per heavy atom. The SMILES string of the molecule is CC(=O)Nc1ccc(S(=O)(=O)N(C)C(C)CO)cc1. The fraction of sp³-hybridized carbons (Fsp3) is 0.417. The number of likely N-dealkylation sites (N-methyl/N-ethyl adjacent to an activating group) is 1. The molecule has 1 atom stereocenters. The zero-order chi connectivity index (χ0) is 14.6. The molecule has 6 nitrogen and oxygen atoms in total. The molecule has 0 saturated carbocycles. The van der Waals surface area contributed by atoms with Crippen LogP contribution in [-0.2, 0) is 14.8 Å². The van der Waals surface area contributed by atoms with Crippen molar-refractivity contribution < 1.29 is 18.3 Å². The zero-order valence-corrected chi connectivity index (χ0v) is 11.9. The minimum atomic E-state index is -3.63. The summed E-state index contributed by atoms with van der Waals surface area (Å²) in [7, 11) is -2.22. The van der Waals surface area contributed by atoms with Crippen molar-refractivity contribution in [2.45, 2.75) is 24.8 Å². The van der Waals surface area contributed by atoms with E-state index in [1.807, 2.05) is 0 Å². The van der Waals surface area contributed by atoms with Gasteiger partial charge in [-0.25, -0.2) is 8.42 Å². The lowest BCUT2D eigenvalue weighted by Crippen LogP contribution is -2.37. The summed E-state index contributed by atoms with van der Waals surface area (Å²) >= 11 is 0. The smallest absolute Gasteiger partial charge is 0.243 e. The average molecular weight is 286 g/mol. The number of nitrogens with zero attached hydrogens (tertiary/aromatic N) is 1. The summed E-state index contributed by atoms with van der Waals surface area (Å²) in [5.74, 6) is -0.221. The van der Waals surface area contributed by atoms with Crippen LogP contribution in [0.1, 0.15) is 13.8 Å². The molecule has 0 aromatic heterocycles. The fourth-order valence-corrected chi connectivity index (χ4v) is 2.78. The molecule has 1 unspecified atom stereocenters.